The van der Waals surface area contributed by atoms with Crippen molar-refractivity contribution in [3.8, 4) is 0 Å². The van der Waals surface area contributed by atoms with Crippen LogP contribution >= 0.6 is 15.9 Å². The molecule has 1 saturated carbocycles. The zero-order valence-corrected chi connectivity index (χ0v) is 21.3. The van der Waals surface area contributed by atoms with Crippen molar-refractivity contribution in [2.24, 2.45) is 0 Å². The molecule has 6 rings (SSSR count). The number of alkyl halides is 1. The lowest BCUT2D eigenvalue weighted by atomic mass is 10.1. The molecular formula is C27H30BrN7. The van der Waals surface area contributed by atoms with Crippen molar-refractivity contribution in [3.63, 3.8) is 0 Å². The fourth-order valence-electron chi connectivity index (χ4n) is 5.19. The van der Waals surface area contributed by atoms with Crippen molar-refractivity contribution < 1.29 is 0 Å². The van der Waals surface area contributed by atoms with E-state index in [1.165, 1.54) is 31.4 Å². The second-order valence-corrected chi connectivity index (χ2v) is 10.8. The van der Waals surface area contributed by atoms with Gasteiger partial charge in [-0.05, 0) is 62.1 Å². The molecule has 1 aliphatic heterocycles. The third-order valence-corrected chi connectivity index (χ3v) is 7.98. The molecule has 7 nitrogen and oxygen atoms in total. The van der Waals surface area contributed by atoms with Crippen molar-refractivity contribution in [2.45, 2.75) is 49.4 Å². The summed E-state index contributed by atoms with van der Waals surface area (Å²) in [6.07, 6.45) is 8.97. The Bertz CT molecular complexity index is 1270. The average molecular weight is 532 g/mol. The molecule has 0 spiro atoms. The van der Waals surface area contributed by atoms with Gasteiger partial charge in [-0.3, -0.25) is 4.57 Å². The standard InChI is InChI=1S/C27H30BrN7/c28-19-14-16-34(17-15-19)22-12-10-21(11-13-22)30-26-29-18-24-25(33-26)35(23-8-4-5-9-23)27(32-24)31-20-6-2-1-3-7-20/h1-3,6-7,10-13,18-19,23H,4-5,8-9,14-17H2,(H,31,32)(H,29,30,33). The van der Waals surface area contributed by atoms with Gasteiger partial charge in [0, 0.05) is 41.0 Å². The monoisotopic (exact) mass is 531 g/mol. The number of aromatic nitrogens is 4. The van der Waals surface area contributed by atoms with Gasteiger partial charge < -0.3 is 15.5 Å². The van der Waals surface area contributed by atoms with Crippen LogP contribution in [-0.4, -0.2) is 37.4 Å². The molecular weight excluding hydrogens is 502 g/mol. The van der Waals surface area contributed by atoms with Gasteiger partial charge >= 0.3 is 0 Å². The maximum atomic E-state index is 4.92. The summed E-state index contributed by atoms with van der Waals surface area (Å²) in [5.41, 5.74) is 4.96. The fourth-order valence-corrected chi connectivity index (χ4v) is 5.60. The summed E-state index contributed by atoms with van der Waals surface area (Å²) in [5.74, 6) is 1.43. The van der Waals surface area contributed by atoms with Gasteiger partial charge in [0.15, 0.2) is 5.65 Å². The molecule has 2 N–H and O–H groups in total. The van der Waals surface area contributed by atoms with Crippen LogP contribution in [0.2, 0.25) is 0 Å². The SMILES string of the molecule is BrC1CCN(c2ccc(Nc3ncc4nc(Nc5ccccc5)n(C5CCCC5)c4n3)cc2)CC1. The van der Waals surface area contributed by atoms with Crippen LogP contribution in [0.3, 0.4) is 0 Å². The topological polar surface area (TPSA) is 70.9 Å². The molecule has 0 bridgehead atoms. The summed E-state index contributed by atoms with van der Waals surface area (Å²) in [5, 5.41) is 6.90. The number of anilines is 5. The average Bonchev–Trinajstić information content (AvgIpc) is 3.53. The van der Waals surface area contributed by atoms with Gasteiger partial charge in [0.05, 0.1) is 6.20 Å². The number of nitrogens with zero attached hydrogens (tertiary/aromatic N) is 5. The quantitative estimate of drug-likeness (QED) is 0.267. The maximum Gasteiger partial charge on any atom is 0.229 e. The lowest BCUT2D eigenvalue weighted by Gasteiger charge is -2.31. The highest BCUT2D eigenvalue weighted by Gasteiger charge is 2.24. The highest BCUT2D eigenvalue weighted by atomic mass is 79.9. The van der Waals surface area contributed by atoms with Gasteiger partial charge in [-0.1, -0.05) is 47.0 Å². The summed E-state index contributed by atoms with van der Waals surface area (Å²) in [6.45, 7) is 2.18. The number of nitrogens with one attached hydrogen (secondary N) is 2. The van der Waals surface area contributed by atoms with Crippen molar-refractivity contribution in [2.75, 3.05) is 28.6 Å². The molecule has 2 aliphatic rings. The summed E-state index contributed by atoms with van der Waals surface area (Å²) in [6, 6.07) is 19.2. The Balaban J connectivity index is 1.26. The number of fused-ring (bicyclic) bond motifs is 1. The normalized spacial score (nSPS) is 17.2. The van der Waals surface area contributed by atoms with Crippen LogP contribution in [0, 0.1) is 0 Å². The smallest absolute Gasteiger partial charge is 0.229 e. The maximum absolute atomic E-state index is 4.92. The number of para-hydroxylation sites is 1. The Hall–Kier alpha value is -3.13. The zero-order valence-electron chi connectivity index (χ0n) is 19.7. The predicted octanol–water partition coefficient (Wildman–Crippen LogP) is 6.79. The number of hydrogen-bond donors (Lipinski definition) is 2. The fraction of sp³-hybridized carbons (Fsp3) is 0.370. The summed E-state index contributed by atoms with van der Waals surface area (Å²) >= 11 is 3.74. The number of benzene rings is 2. The number of imidazole rings is 1. The van der Waals surface area contributed by atoms with E-state index >= 15 is 0 Å². The zero-order chi connectivity index (χ0) is 23.6. The van der Waals surface area contributed by atoms with Crippen LogP contribution < -0.4 is 15.5 Å². The van der Waals surface area contributed by atoms with Crippen LogP contribution in [0.25, 0.3) is 11.2 Å². The lowest BCUT2D eigenvalue weighted by molar-refractivity contribution is 0.535. The second-order valence-electron chi connectivity index (χ2n) is 9.47. The van der Waals surface area contributed by atoms with Crippen LogP contribution in [0.4, 0.5) is 29.0 Å². The Kier molecular flexibility index (Phi) is 6.29. The molecule has 2 fully saturated rings. The molecule has 35 heavy (non-hydrogen) atoms. The van der Waals surface area contributed by atoms with Crippen LogP contribution in [-0.2, 0) is 0 Å². The molecule has 0 unspecified atom stereocenters. The van der Waals surface area contributed by atoms with Crippen LogP contribution in [0.5, 0.6) is 0 Å². The third kappa shape index (κ3) is 4.85. The van der Waals surface area contributed by atoms with Gasteiger partial charge in [-0.2, -0.15) is 4.98 Å². The molecule has 1 aliphatic carbocycles. The van der Waals surface area contributed by atoms with Crippen molar-refractivity contribution in [1.82, 2.24) is 19.5 Å². The Labute approximate surface area is 214 Å². The highest BCUT2D eigenvalue weighted by molar-refractivity contribution is 9.09. The molecule has 2 aromatic carbocycles. The largest absolute Gasteiger partial charge is 0.371 e. The van der Waals surface area contributed by atoms with E-state index in [1.807, 2.05) is 24.4 Å². The van der Waals surface area contributed by atoms with E-state index in [2.05, 4.69) is 77.4 Å². The van der Waals surface area contributed by atoms with Crippen LogP contribution in [0.15, 0.2) is 60.8 Å². The van der Waals surface area contributed by atoms with Gasteiger partial charge in [-0.15, -0.1) is 0 Å². The number of hydrogen-bond acceptors (Lipinski definition) is 6. The molecule has 1 saturated heterocycles. The number of rotatable bonds is 6. The van der Waals surface area contributed by atoms with Gasteiger partial charge in [0.1, 0.15) is 5.52 Å². The summed E-state index contributed by atoms with van der Waals surface area (Å²) in [4.78, 5) is 17.4. The molecule has 0 radical (unpaired) electrons. The molecule has 0 atom stereocenters. The van der Waals surface area contributed by atoms with Gasteiger partial charge in [0.2, 0.25) is 11.9 Å². The van der Waals surface area contributed by atoms with E-state index in [4.69, 9.17) is 9.97 Å². The summed E-state index contributed by atoms with van der Waals surface area (Å²) in [7, 11) is 0. The van der Waals surface area contributed by atoms with Crippen molar-refractivity contribution in [3.05, 3.63) is 60.8 Å². The molecule has 2 aromatic heterocycles. The number of piperidine rings is 1. The van der Waals surface area contributed by atoms with E-state index in [0.29, 0.717) is 16.8 Å². The van der Waals surface area contributed by atoms with Gasteiger partial charge in [0.25, 0.3) is 0 Å². The third-order valence-electron chi connectivity index (χ3n) is 7.07. The van der Waals surface area contributed by atoms with Gasteiger partial charge in [-0.25, -0.2) is 9.97 Å². The first-order chi connectivity index (χ1) is 17.2. The first-order valence-electron chi connectivity index (χ1n) is 12.6. The first-order valence-corrected chi connectivity index (χ1v) is 13.5. The van der Waals surface area contributed by atoms with E-state index in [0.717, 1.165) is 54.4 Å². The second kappa shape index (κ2) is 9.85. The Morgan fingerprint density at radius 1 is 0.800 bits per heavy atom. The van der Waals surface area contributed by atoms with Crippen molar-refractivity contribution >= 4 is 56.1 Å². The molecule has 8 heteroatoms. The van der Waals surface area contributed by atoms with Crippen LogP contribution in [0.1, 0.15) is 44.6 Å². The Morgan fingerprint density at radius 2 is 1.51 bits per heavy atom. The lowest BCUT2D eigenvalue weighted by Crippen LogP contribution is -2.33. The van der Waals surface area contributed by atoms with Crippen molar-refractivity contribution in [1.29, 1.82) is 0 Å². The molecule has 3 heterocycles. The highest BCUT2D eigenvalue weighted by Crippen LogP contribution is 2.36. The Morgan fingerprint density at radius 3 is 2.26 bits per heavy atom. The molecule has 180 valence electrons. The minimum atomic E-state index is 0.400. The van der Waals surface area contributed by atoms with E-state index in [-0.39, 0.29) is 0 Å². The number of halogens is 1. The van der Waals surface area contributed by atoms with E-state index in [9.17, 15) is 0 Å². The minimum absolute atomic E-state index is 0.400. The van der Waals surface area contributed by atoms with E-state index < -0.39 is 0 Å². The predicted molar refractivity (Wildman–Crippen MR) is 146 cm³/mol. The minimum Gasteiger partial charge on any atom is -0.371 e. The van der Waals surface area contributed by atoms with E-state index in [1.54, 1.807) is 0 Å². The molecule has 0 amide bonds. The first kappa shape index (κ1) is 22.3. The molecule has 4 aromatic rings. The summed E-state index contributed by atoms with van der Waals surface area (Å²) < 4.78 is 2.28.